The van der Waals surface area contributed by atoms with Crippen molar-refractivity contribution in [3.8, 4) is 0 Å². The molecule has 0 aromatic heterocycles. The maximum absolute atomic E-state index is 9.62. The van der Waals surface area contributed by atoms with Crippen molar-refractivity contribution in [2.45, 2.75) is 37.6 Å². The molecule has 0 saturated carbocycles. The van der Waals surface area contributed by atoms with Crippen LogP contribution in [0.1, 0.15) is 12.0 Å². The molecule has 1 aromatic rings. The molecule has 1 heterocycles. The summed E-state index contributed by atoms with van der Waals surface area (Å²) in [6.07, 6.45) is -2.45. The molecule has 1 aliphatic rings. The smallest absolute Gasteiger partial charge is 0.183 e. The van der Waals surface area contributed by atoms with Crippen molar-refractivity contribution in [3.63, 3.8) is 0 Å². The predicted octanol–water partition coefficient (Wildman–Crippen LogP) is 0.686. The van der Waals surface area contributed by atoms with Crippen molar-refractivity contribution in [2.24, 2.45) is 0 Å². The van der Waals surface area contributed by atoms with Crippen molar-refractivity contribution < 1.29 is 24.4 Å². The summed E-state index contributed by atoms with van der Waals surface area (Å²) >= 11 is 0. The molecule has 0 unspecified atom stereocenters. The highest BCUT2D eigenvalue weighted by atomic mass is 16.7. The average Bonchev–Trinajstić information content (AvgIpc) is 2.71. The van der Waals surface area contributed by atoms with Crippen LogP contribution in [-0.2, 0) is 20.8 Å². The number of hydrogen-bond acceptors (Lipinski definition) is 5. The number of aliphatic hydroxyl groups is 2. The molecule has 19 heavy (non-hydrogen) atoms. The first-order valence-electron chi connectivity index (χ1n) is 6.38. The summed E-state index contributed by atoms with van der Waals surface area (Å²) in [6, 6.07) is 9.88. The lowest BCUT2D eigenvalue weighted by molar-refractivity contribution is -0.130. The Labute approximate surface area is 112 Å². The first-order valence-corrected chi connectivity index (χ1v) is 6.38. The van der Waals surface area contributed by atoms with Crippen LogP contribution in [0.4, 0.5) is 0 Å². The van der Waals surface area contributed by atoms with Gasteiger partial charge in [0, 0.05) is 13.7 Å². The third kappa shape index (κ3) is 3.75. The van der Waals surface area contributed by atoms with Gasteiger partial charge in [-0.05, 0) is 12.0 Å². The molecule has 0 amide bonds. The molecule has 1 saturated heterocycles. The van der Waals surface area contributed by atoms with E-state index in [0.717, 1.165) is 5.56 Å². The van der Waals surface area contributed by atoms with Gasteiger partial charge in [0.2, 0.25) is 0 Å². The van der Waals surface area contributed by atoms with Gasteiger partial charge in [0.05, 0.1) is 12.7 Å². The van der Waals surface area contributed by atoms with Crippen LogP contribution in [-0.4, -0.2) is 48.5 Å². The summed E-state index contributed by atoms with van der Waals surface area (Å²) < 4.78 is 15.9. The number of ether oxygens (including phenoxy) is 3. The summed E-state index contributed by atoms with van der Waals surface area (Å²) in [5.74, 6) is 0. The molecule has 0 bridgehead atoms. The first-order chi connectivity index (χ1) is 9.22. The molecule has 1 aliphatic heterocycles. The van der Waals surface area contributed by atoms with E-state index in [-0.39, 0.29) is 6.10 Å². The maximum atomic E-state index is 9.62. The van der Waals surface area contributed by atoms with Gasteiger partial charge in [0.25, 0.3) is 0 Å². The fourth-order valence-corrected chi connectivity index (χ4v) is 2.21. The number of methoxy groups -OCH3 is 1. The lowest BCUT2D eigenvalue weighted by atomic mass is 10.1. The van der Waals surface area contributed by atoms with E-state index < -0.39 is 18.5 Å². The predicted molar refractivity (Wildman–Crippen MR) is 68.4 cm³/mol. The number of benzene rings is 1. The molecule has 0 radical (unpaired) electrons. The molecule has 2 rings (SSSR count). The van der Waals surface area contributed by atoms with Crippen LogP contribution in [0.15, 0.2) is 30.3 Å². The van der Waals surface area contributed by atoms with E-state index in [1.807, 2.05) is 30.3 Å². The van der Waals surface area contributed by atoms with Gasteiger partial charge in [-0.15, -0.1) is 0 Å². The number of aliphatic hydroxyl groups excluding tert-OH is 2. The first kappa shape index (κ1) is 14.4. The summed E-state index contributed by atoms with van der Waals surface area (Å²) in [5.41, 5.74) is 1.11. The summed E-state index contributed by atoms with van der Waals surface area (Å²) in [5, 5.41) is 19.0. The SMILES string of the molecule is CO[C@@H]1[C@@H](O)[C@H](O)O[C@@H]1CCOCc1ccccc1. The Morgan fingerprint density at radius 3 is 2.63 bits per heavy atom. The van der Waals surface area contributed by atoms with E-state index in [0.29, 0.717) is 19.6 Å². The van der Waals surface area contributed by atoms with E-state index in [4.69, 9.17) is 14.2 Å². The van der Waals surface area contributed by atoms with Crippen LogP contribution in [0.25, 0.3) is 0 Å². The highest BCUT2D eigenvalue weighted by molar-refractivity contribution is 5.13. The summed E-state index contributed by atoms with van der Waals surface area (Å²) in [6.45, 7) is 1.02. The minimum atomic E-state index is -1.18. The zero-order valence-corrected chi connectivity index (χ0v) is 10.9. The Morgan fingerprint density at radius 2 is 1.95 bits per heavy atom. The molecule has 4 atom stereocenters. The van der Waals surface area contributed by atoms with Crippen LogP contribution in [0.5, 0.6) is 0 Å². The lowest BCUT2D eigenvalue weighted by Crippen LogP contribution is -2.34. The third-order valence-electron chi connectivity index (χ3n) is 3.24. The molecular weight excluding hydrogens is 248 g/mol. The molecular formula is C14H20O5. The topological polar surface area (TPSA) is 68.2 Å². The quantitative estimate of drug-likeness (QED) is 0.743. The third-order valence-corrected chi connectivity index (χ3v) is 3.24. The monoisotopic (exact) mass is 268 g/mol. The van der Waals surface area contributed by atoms with Gasteiger partial charge in [0.1, 0.15) is 12.2 Å². The van der Waals surface area contributed by atoms with Gasteiger partial charge >= 0.3 is 0 Å². The molecule has 5 heteroatoms. The minimum absolute atomic E-state index is 0.342. The Kier molecular flexibility index (Phi) is 5.30. The normalized spacial score (nSPS) is 30.7. The van der Waals surface area contributed by atoms with Gasteiger partial charge in [-0.2, -0.15) is 0 Å². The van der Waals surface area contributed by atoms with E-state index in [9.17, 15) is 10.2 Å². The Hall–Kier alpha value is -0.980. The van der Waals surface area contributed by atoms with Crippen LogP contribution in [0.2, 0.25) is 0 Å². The van der Waals surface area contributed by atoms with Gasteiger partial charge in [-0.3, -0.25) is 0 Å². The highest BCUT2D eigenvalue weighted by Crippen LogP contribution is 2.24. The van der Waals surface area contributed by atoms with Crippen LogP contribution in [0.3, 0.4) is 0 Å². The average molecular weight is 268 g/mol. The molecule has 5 nitrogen and oxygen atoms in total. The largest absolute Gasteiger partial charge is 0.385 e. The zero-order valence-electron chi connectivity index (χ0n) is 10.9. The lowest BCUT2D eigenvalue weighted by Gasteiger charge is -2.18. The van der Waals surface area contributed by atoms with Crippen molar-refractivity contribution in [3.05, 3.63) is 35.9 Å². The molecule has 0 spiro atoms. The molecule has 1 fully saturated rings. The Bertz CT molecular complexity index is 369. The van der Waals surface area contributed by atoms with Crippen molar-refractivity contribution in [2.75, 3.05) is 13.7 Å². The van der Waals surface area contributed by atoms with Crippen molar-refractivity contribution >= 4 is 0 Å². The van der Waals surface area contributed by atoms with E-state index in [2.05, 4.69) is 0 Å². The molecule has 106 valence electrons. The zero-order chi connectivity index (χ0) is 13.7. The van der Waals surface area contributed by atoms with E-state index in [1.165, 1.54) is 7.11 Å². The second-order valence-electron chi connectivity index (χ2n) is 4.58. The van der Waals surface area contributed by atoms with Gasteiger partial charge in [-0.25, -0.2) is 0 Å². The fraction of sp³-hybridized carbons (Fsp3) is 0.571. The summed E-state index contributed by atoms with van der Waals surface area (Å²) in [4.78, 5) is 0. The Morgan fingerprint density at radius 1 is 1.21 bits per heavy atom. The fourth-order valence-electron chi connectivity index (χ4n) is 2.21. The van der Waals surface area contributed by atoms with Gasteiger partial charge < -0.3 is 24.4 Å². The standard InChI is InChI=1S/C14H20O5/c1-17-13-11(19-14(16)12(13)15)7-8-18-9-10-5-3-2-4-6-10/h2-6,11-16H,7-9H2,1H3/t11-,12-,13+,14-/m1/s1. The number of hydrogen-bond donors (Lipinski definition) is 2. The van der Waals surface area contributed by atoms with Crippen LogP contribution in [0, 0.1) is 0 Å². The van der Waals surface area contributed by atoms with Crippen LogP contribution < -0.4 is 0 Å². The molecule has 0 aliphatic carbocycles. The van der Waals surface area contributed by atoms with Gasteiger partial charge in [-0.1, -0.05) is 30.3 Å². The molecule has 1 aromatic carbocycles. The maximum Gasteiger partial charge on any atom is 0.183 e. The second-order valence-corrected chi connectivity index (χ2v) is 4.58. The highest BCUT2D eigenvalue weighted by Gasteiger charge is 2.42. The van der Waals surface area contributed by atoms with Gasteiger partial charge in [0.15, 0.2) is 6.29 Å². The second kappa shape index (κ2) is 6.98. The van der Waals surface area contributed by atoms with Crippen LogP contribution >= 0.6 is 0 Å². The molecule has 2 N–H and O–H groups in total. The van der Waals surface area contributed by atoms with E-state index >= 15 is 0 Å². The number of rotatable bonds is 6. The van der Waals surface area contributed by atoms with Crippen molar-refractivity contribution in [1.29, 1.82) is 0 Å². The Balaban J connectivity index is 1.71. The summed E-state index contributed by atoms with van der Waals surface area (Å²) in [7, 11) is 1.49. The van der Waals surface area contributed by atoms with Crippen molar-refractivity contribution in [1.82, 2.24) is 0 Å². The minimum Gasteiger partial charge on any atom is -0.385 e. The van der Waals surface area contributed by atoms with E-state index in [1.54, 1.807) is 0 Å².